The van der Waals surface area contributed by atoms with Gasteiger partial charge in [0.15, 0.2) is 0 Å². The molecule has 6 nitrogen and oxygen atoms in total. The summed E-state index contributed by atoms with van der Waals surface area (Å²) in [5.74, 6) is -0.194. The first kappa shape index (κ1) is 20.6. The van der Waals surface area contributed by atoms with Crippen molar-refractivity contribution in [3.05, 3.63) is 45.6 Å². The molecule has 0 aliphatic heterocycles. The quantitative estimate of drug-likeness (QED) is 0.718. The molecule has 1 unspecified atom stereocenters. The molecule has 0 spiro atoms. The van der Waals surface area contributed by atoms with Gasteiger partial charge in [-0.1, -0.05) is 6.92 Å². The third-order valence-corrected chi connectivity index (χ3v) is 6.75. The zero-order chi connectivity index (χ0) is 19.3. The number of carbonyl (C=O) groups excluding carboxylic acids is 1. The molecule has 1 aromatic heterocycles. The van der Waals surface area contributed by atoms with Crippen LogP contribution in [-0.4, -0.2) is 34.1 Å². The summed E-state index contributed by atoms with van der Waals surface area (Å²) < 4.78 is 32.1. The molecule has 0 saturated heterocycles. The second-order valence-corrected chi connectivity index (χ2v) is 8.88. The molecule has 2 rings (SSSR count). The number of hydrogen-bond donors (Lipinski definition) is 2. The van der Waals surface area contributed by atoms with Crippen molar-refractivity contribution in [2.45, 2.75) is 38.1 Å². The van der Waals surface area contributed by atoms with Gasteiger partial charge in [-0.05, 0) is 56.2 Å². The lowest BCUT2D eigenvalue weighted by Crippen LogP contribution is -2.35. The third-order valence-electron chi connectivity index (χ3n) is 3.76. The number of rotatable bonds is 8. The van der Waals surface area contributed by atoms with E-state index in [4.69, 9.17) is 4.74 Å². The number of hydrogen-bond acceptors (Lipinski definition) is 5. The van der Waals surface area contributed by atoms with E-state index in [1.165, 1.54) is 35.5 Å². The predicted molar refractivity (Wildman–Crippen MR) is 104 cm³/mol. The van der Waals surface area contributed by atoms with Crippen molar-refractivity contribution in [2.75, 3.05) is 19.0 Å². The average Bonchev–Trinajstić information content (AvgIpc) is 2.96. The minimum atomic E-state index is -3.63. The molecule has 8 heteroatoms. The van der Waals surface area contributed by atoms with Crippen molar-refractivity contribution in [3.63, 3.8) is 0 Å². The molecule has 1 amide bonds. The summed E-state index contributed by atoms with van der Waals surface area (Å²) >= 11 is 1.48. The molecule has 0 bridgehead atoms. The van der Waals surface area contributed by atoms with Gasteiger partial charge in [0, 0.05) is 23.7 Å². The fraction of sp³-hybridized carbons (Fsp3) is 0.389. The zero-order valence-electron chi connectivity index (χ0n) is 15.3. The van der Waals surface area contributed by atoms with Crippen LogP contribution in [-0.2, 0) is 21.2 Å². The maximum absolute atomic E-state index is 12.3. The lowest BCUT2D eigenvalue weighted by atomic mass is 10.2. The summed E-state index contributed by atoms with van der Waals surface area (Å²) in [6, 6.07) is 7.63. The number of aryl methyl sites for hydroxylation is 2. The number of nitrogens with one attached hydrogen (secondary N) is 2. The molecule has 1 aromatic carbocycles. The maximum atomic E-state index is 12.3. The van der Waals surface area contributed by atoms with Crippen LogP contribution in [0.25, 0.3) is 0 Å². The zero-order valence-corrected chi connectivity index (χ0v) is 17.0. The monoisotopic (exact) mass is 396 g/mol. The summed E-state index contributed by atoms with van der Waals surface area (Å²) in [5, 5.41) is 2.80. The Morgan fingerprint density at radius 2 is 1.92 bits per heavy atom. The van der Waals surface area contributed by atoms with Gasteiger partial charge in [0.2, 0.25) is 10.0 Å². The molecule has 1 atom stereocenters. The molecule has 0 radical (unpaired) electrons. The summed E-state index contributed by atoms with van der Waals surface area (Å²) in [4.78, 5) is 14.3. The van der Waals surface area contributed by atoms with E-state index < -0.39 is 10.0 Å². The first-order valence-electron chi connectivity index (χ1n) is 8.28. The van der Waals surface area contributed by atoms with Gasteiger partial charge in [-0.25, -0.2) is 13.1 Å². The highest BCUT2D eigenvalue weighted by molar-refractivity contribution is 7.89. The molecule has 2 N–H and O–H groups in total. The van der Waals surface area contributed by atoms with Crippen molar-refractivity contribution in [2.24, 2.45) is 0 Å². The van der Waals surface area contributed by atoms with E-state index in [9.17, 15) is 13.2 Å². The number of thiophene rings is 1. The van der Waals surface area contributed by atoms with E-state index >= 15 is 0 Å². The smallest absolute Gasteiger partial charge is 0.265 e. The standard InChI is InChI=1S/C18H24N2O4S2/c1-5-16-12(2)10-17(25-16)18(21)19-14-6-8-15(9-7-14)26(22,23)20-13(3)11-24-4/h6-10,13,20H,5,11H2,1-4H3,(H,19,21). The molecule has 142 valence electrons. The summed E-state index contributed by atoms with van der Waals surface area (Å²) in [6.07, 6.45) is 0.894. The van der Waals surface area contributed by atoms with Gasteiger partial charge in [-0.15, -0.1) is 11.3 Å². The maximum Gasteiger partial charge on any atom is 0.265 e. The number of sulfonamides is 1. The molecule has 0 fully saturated rings. The predicted octanol–water partition coefficient (Wildman–Crippen LogP) is 3.18. The third kappa shape index (κ3) is 5.14. The van der Waals surface area contributed by atoms with Crippen molar-refractivity contribution in [1.82, 2.24) is 4.72 Å². The van der Waals surface area contributed by atoms with E-state index in [0.717, 1.165) is 12.0 Å². The first-order valence-corrected chi connectivity index (χ1v) is 10.6. The average molecular weight is 397 g/mol. The van der Waals surface area contributed by atoms with E-state index in [0.29, 0.717) is 10.6 Å². The Labute approximate surface area is 158 Å². The van der Waals surface area contributed by atoms with E-state index in [1.54, 1.807) is 19.1 Å². The van der Waals surface area contributed by atoms with Gasteiger partial charge in [0.25, 0.3) is 5.91 Å². The van der Waals surface area contributed by atoms with Gasteiger partial charge < -0.3 is 10.1 Å². The Balaban J connectivity index is 2.08. The number of benzene rings is 1. The van der Waals surface area contributed by atoms with Crippen molar-refractivity contribution < 1.29 is 17.9 Å². The number of ether oxygens (including phenoxy) is 1. The topological polar surface area (TPSA) is 84.5 Å². The molecule has 0 saturated carbocycles. The van der Waals surface area contributed by atoms with E-state index in [1.807, 2.05) is 13.0 Å². The minimum absolute atomic E-state index is 0.138. The summed E-state index contributed by atoms with van der Waals surface area (Å²) in [7, 11) is -2.11. The van der Waals surface area contributed by atoms with Gasteiger partial charge in [-0.2, -0.15) is 0 Å². The van der Waals surface area contributed by atoms with Crippen LogP contribution in [0, 0.1) is 6.92 Å². The Bertz CT molecular complexity index is 858. The number of carbonyl (C=O) groups is 1. The number of amides is 1. The minimum Gasteiger partial charge on any atom is -0.383 e. The summed E-state index contributed by atoms with van der Waals surface area (Å²) in [6.45, 7) is 6.06. The largest absolute Gasteiger partial charge is 0.383 e. The highest BCUT2D eigenvalue weighted by Crippen LogP contribution is 2.23. The second-order valence-electron chi connectivity index (χ2n) is 6.03. The normalized spacial score (nSPS) is 12.8. The highest BCUT2D eigenvalue weighted by atomic mass is 32.2. The Morgan fingerprint density at radius 1 is 1.27 bits per heavy atom. The fourth-order valence-electron chi connectivity index (χ4n) is 2.51. The van der Waals surface area contributed by atoms with Crippen LogP contribution in [0.4, 0.5) is 5.69 Å². The molecule has 1 heterocycles. The second kappa shape index (κ2) is 8.77. The van der Waals surface area contributed by atoms with E-state index in [2.05, 4.69) is 17.0 Å². The van der Waals surface area contributed by atoms with Crippen LogP contribution in [0.2, 0.25) is 0 Å². The van der Waals surface area contributed by atoms with Crippen molar-refractivity contribution in [3.8, 4) is 0 Å². The molecule has 2 aromatic rings. The van der Waals surface area contributed by atoms with Crippen molar-refractivity contribution in [1.29, 1.82) is 0 Å². The summed E-state index contributed by atoms with van der Waals surface area (Å²) in [5.41, 5.74) is 1.66. The van der Waals surface area contributed by atoms with Crippen molar-refractivity contribution >= 4 is 33.0 Å². The number of anilines is 1. The molecular formula is C18H24N2O4S2. The van der Waals surface area contributed by atoms with Crippen LogP contribution >= 0.6 is 11.3 Å². The molecular weight excluding hydrogens is 372 g/mol. The van der Waals surface area contributed by atoms with Crippen LogP contribution in [0.5, 0.6) is 0 Å². The lowest BCUT2D eigenvalue weighted by molar-refractivity contribution is 0.103. The molecule has 0 aliphatic carbocycles. The van der Waals surface area contributed by atoms with Crippen LogP contribution in [0.15, 0.2) is 35.2 Å². The van der Waals surface area contributed by atoms with Gasteiger partial charge in [0.1, 0.15) is 0 Å². The SMILES string of the molecule is CCc1sc(C(=O)Nc2ccc(S(=O)(=O)NC(C)COC)cc2)cc1C. The highest BCUT2D eigenvalue weighted by Gasteiger charge is 2.18. The van der Waals surface area contributed by atoms with Crippen LogP contribution in [0.3, 0.4) is 0 Å². The van der Waals surface area contributed by atoms with Crippen LogP contribution < -0.4 is 10.0 Å². The Hall–Kier alpha value is -1.74. The Kier molecular flexibility index (Phi) is 6.94. The van der Waals surface area contributed by atoms with Gasteiger partial charge in [0.05, 0.1) is 16.4 Å². The molecule has 0 aliphatic rings. The Morgan fingerprint density at radius 3 is 2.46 bits per heavy atom. The number of methoxy groups -OCH3 is 1. The van der Waals surface area contributed by atoms with Gasteiger partial charge in [-0.3, -0.25) is 4.79 Å². The molecule has 26 heavy (non-hydrogen) atoms. The first-order chi connectivity index (χ1) is 12.3. The van der Waals surface area contributed by atoms with Crippen LogP contribution in [0.1, 0.15) is 34.0 Å². The van der Waals surface area contributed by atoms with E-state index in [-0.39, 0.29) is 23.5 Å². The van der Waals surface area contributed by atoms with Gasteiger partial charge >= 0.3 is 0 Å². The lowest BCUT2D eigenvalue weighted by Gasteiger charge is -2.13. The fourth-order valence-corrected chi connectivity index (χ4v) is 4.75.